The van der Waals surface area contributed by atoms with Crippen molar-refractivity contribution in [3.8, 4) is 0 Å². The number of halogens is 2. The lowest BCUT2D eigenvalue weighted by molar-refractivity contribution is -0.134. The summed E-state index contributed by atoms with van der Waals surface area (Å²) < 4.78 is 24.6. The van der Waals surface area contributed by atoms with Gasteiger partial charge in [-0.25, -0.2) is 8.78 Å². The highest BCUT2D eigenvalue weighted by atomic mass is 19.3. The van der Waals surface area contributed by atoms with Gasteiger partial charge in [0.15, 0.2) is 0 Å². The molecule has 1 aliphatic rings. The SMILES string of the molecule is C[C@H](N)C(=O)N1CCC(C(F)F)CC1. The molecule has 0 aliphatic carbocycles. The number of carbonyl (C=O) groups excluding carboxylic acids is 1. The Morgan fingerprint density at radius 1 is 1.43 bits per heavy atom. The fraction of sp³-hybridized carbons (Fsp3) is 0.889. The number of rotatable bonds is 2. The molecule has 3 nitrogen and oxygen atoms in total. The third kappa shape index (κ3) is 2.64. The minimum Gasteiger partial charge on any atom is -0.341 e. The molecule has 1 amide bonds. The number of alkyl halides is 2. The van der Waals surface area contributed by atoms with Gasteiger partial charge in [0.2, 0.25) is 12.3 Å². The van der Waals surface area contributed by atoms with Crippen LogP contribution in [0.3, 0.4) is 0 Å². The van der Waals surface area contributed by atoms with Gasteiger partial charge < -0.3 is 10.6 Å². The van der Waals surface area contributed by atoms with Crippen LogP contribution in [-0.2, 0) is 4.79 Å². The summed E-state index contributed by atoms with van der Waals surface area (Å²) >= 11 is 0. The number of nitrogens with two attached hydrogens (primary N) is 1. The van der Waals surface area contributed by atoms with Crippen LogP contribution in [0.2, 0.25) is 0 Å². The van der Waals surface area contributed by atoms with Crippen LogP contribution in [-0.4, -0.2) is 36.4 Å². The smallest absolute Gasteiger partial charge is 0.241 e. The first-order chi connectivity index (χ1) is 6.52. The first kappa shape index (κ1) is 11.4. The van der Waals surface area contributed by atoms with E-state index < -0.39 is 18.4 Å². The van der Waals surface area contributed by atoms with Gasteiger partial charge in [-0.1, -0.05) is 0 Å². The predicted molar refractivity (Wildman–Crippen MR) is 49.0 cm³/mol. The molecule has 82 valence electrons. The number of amides is 1. The Labute approximate surface area is 82.2 Å². The van der Waals surface area contributed by atoms with E-state index in [0.29, 0.717) is 25.9 Å². The van der Waals surface area contributed by atoms with Crippen molar-refractivity contribution in [3.05, 3.63) is 0 Å². The molecule has 1 rings (SSSR count). The third-order valence-electron chi connectivity index (χ3n) is 2.60. The Hall–Kier alpha value is -0.710. The van der Waals surface area contributed by atoms with Gasteiger partial charge in [0, 0.05) is 19.0 Å². The van der Waals surface area contributed by atoms with Gasteiger partial charge in [0.1, 0.15) is 0 Å². The number of hydrogen-bond donors (Lipinski definition) is 1. The lowest BCUT2D eigenvalue weighted by Gasteiger charge is -2.32. The maximum absolute atomic E-state index is 12.3. The zero-order valence-electron chi connectivity index (χ0n) is 8.25. The van der Waals surface area contributed by atoms with Crippen molar-refractivity contribution in [3.63, 3.8) is 0 Å². The summed E-state index contributed by atoms with van der Waals surface area (Å²) in [5, 5.41) is 0. The molecule has 0 aromatic rings. The predicted octanol–water partition coefficient (Wildman–Crippen LogP) is 0.837. The summed E-state index contributed by atoms with van der Waals surface area (Å²) in [6.45, 7) is 2.44. The molecule has 0 aromatic carbocycles. The quantitative estimate of drug-likeness (QED) is 0.727. The van der Waals surface area contributed by atoms with Crippen molar-refractivity contribution in [1.82, 2.24) is 4.90 Å². The zero-order valence-corrected chi connectivity index (χ0v) is 8.25. The average molecular weight is 206 g/mol. The van der Waals surface area contributed by atoms with Gasteiger partial charge in [-0.05, 0) is 19.8 Å². The van der Waals surface area contributed by atoms with E-state index in [2.05, 4.69) is 0 Å². The van der Waals surface area contributed by atoms with E-state index in [-0.39, 0.29) is 5.91 Å². The second-order valence-electron chi connectivity index (χ2n) is 3.79. The van der Waals surface area contributed by atoms with E-state index in [4.69, 9.17) is 5.73 Å². The van der Waals surface area contributed by atoms with Gasteiger partial charge in [-0.15, -0.1) is 0 Å². The standard InChI is InChI=1S/C9H16F2N2O/c1-6(12)9(14)13-4-2-7(3-5-13)8(10)11/h6-8H,2-5,12H2,1H3/t6-/m0/s1. The molecule has 1 heterocycles. The molecule has 0 unspecified atom stereocenters. The van der Waals surface area contributed by atoms with E-state index in [1.54, 1.807) is 11.8 Å². The maximum Gasteiger partial charge on any atom is 0.241 e. The Bertz CT molecular complexity index is 201. The highest BCUT2D eigenvalue weighted by molar-refractivity contribution is 5.81. The third-order valence-corrected chi connectivity index (χ3v) is 2.60. The zero-order chi connectivity index (χ0) is 10.7. The molecule has 1 aliphatic heterocycles. The molecular weight excluding hydrogens is 190 g/mol. The number of hydrogen-bond acceptors (Lipinski definition) is 2. The van der Waals surface area contributed by atoms with Crippen LogP contribution in [0.1, 0.15) is 19.8 Å². The Kier molecular flexibility index (Phi) is 3.80. The average Bonchev–Trinajstić information content (AvgIpc) is 2.16. The first-order valence-electron chi connectivity index (χ1n) is 4.85. The summed E-state index contributed by atoms with van der Waals surface area (Å²) in [6, 6.07) is -0.530. The fourth-order valence-electron chi connectivity index (χ4n) is 1.66. The second-order valence-corrected chi connectivity index (χ2v) is 3.79. The van der Waals surface area contributed by atoms with Crippen LogP contribution in [0.5, 0.6) is 0 Å². The minimum absolute atomic E-state index is 0.141. The maximum atomic E-state index is 12.3. The summed E-state index contributed by atoms with van der Waals surface area (Å²) in [6.07, 6.45) is -1.49. The van der Waals surface area contributed by atoms with Crippen LogP contribution in [0.15, 0.2) is 0 Å². The fourth-order valence-corrected chi connectivity index (χ4v) is 1.66. The number of carbonyl (C=O) groups is 1. The van der Waals surface area contributed by atoms with E-state index in [0.717, 1.165) is 0 Å². The van der Waals surface area contributed by atoms with Gasteiger partial charge >= 0.3 is 0 Å². The molecule has 1 fully saturated rings. The van der Waals surface area contributed by atoms with Crippen LogP contribution in [0.4, 0.5) is 8.78 Å². The lowest BCUT2D eigenvalue weighted by Crippen LogP contribution is -2.46. The molecule has 1 atom stereocenters. The molecule has 0 aromatic heterocycles. The molecule has 5 heteroatoms. The topological polar surface area (TPSA) is 46.3 Å². The van der Waals surface area contributed by atoms with Crippen LogP contribution < -0.4 is 5.73 Å². The molecule has 0 radical (unpaired) electrons. The number of likely N-dealkylation sites (tertiary alicyclic amines) is 1. The molecule has 2 N–H and O–H groups in total. The first-order valence-corrected chi connectivity index (χ1v) is 4.85. The Morgan fingerprint density at radius 3 is 2.29 bits per heavy atom. The second kappa shape index (κ2) is 4.68. The molecule has 0 saturated carbocycles. The van der Waals surface area contributed by atoms with Crippen molar-refractivity contribution in [2.45, 2.75) is 32.2 Å². The normalized spacial score (nSPS) is 21.4. The van der Waals surface area contributed by atoms with E-state index in [9.17, 15) is 13.6 Å². The van der Waals surface area contributed by atoms with Crippen molar-refractivity contribution in [1.29, 1.82) is 0 Å². The number of piperidine rings is 1. The molecule has 0 spiro atoms. The van der Waals surface area contributed by atoms with Crippen molar-refractivity contribution in [2.75, 3.05) is 13.1 Å². The van der Waals surface area contributed by atoms with Crippen LogP contribution in [0.25, 0.3) is 0 Å². The van der Waals surface area contributed by atoms with Crippen LogP contribution in [0, 0.1) is 5.92 Å². The summed E-state index contributed by atoms with van der Waals surface area (Å²) in [5.74, 6) is -0.690. The monoisotopic (exact) mass is 206 g/mol. The highest BCUT2D eigenvalue weighted by Gasteiger charge is 2.28. The highest BCUT2D eigenvalue weighted by Crippen LogP contribution is 2.23. The number of nitrogens with zero attached hydrogens (tertiary/aromatic N) is 1. The Balaban J connectivity index is 2.39. The molecule has 0 bridgehead atoms. The van der Waals surface area contributed by atoms with E-state index in [1.807, 2.05) is 0 Å². The van der Waals surface area contributed by atoms with Crippen molar-refractivity contribution < 1.29 is 13.6 Å². The van der Waals surface area contributed by atoms with Gasteiger partial charge in [0.05, 0.1) is 6.04 Å². The molecular formula is C9H16F2N2O. The van der Waals surface area contributed by atoms with Crippen molar-refractivity contribution >= 4 is 5.91 Å². The minimum atomic E-state index is -2.26. The summed E-state index contributed by atoms with van der Waals surface area (Å²) in [4.78, 5) is 13.0. The van der Waals surface area contributed by atoms with Gasteiger partial charge in [0.25, 0.3) is 0 Å². The lowest BCUT2D eigenvalue weighted by atomic mass is 9.97. The van der Waals surface area contributed by atoms with E-state index >= 15 is 0 Å². The van der Waals surface area contributed by atoms with Crippen molar-refractivity contribution in [2.24, 2.45) is 11.7 Å². The summed E-state index contributed by atoms with van der Waals surface area (Å²) in [7, 11) is 0. The van der Waals surface area contributed by atoms with Crippen LogP contribution >= 0.6 is 0 Å². The van der Waals surface area contributed by atoms with E-state index in [1.165, 1.54) is 0 Å². The largest absolute Gasteiger partial charge is 0.341 e. The molecule has 1 saturated heterocycles. The Morgan fingerprint density at radius 2 is 1.93 bits per heavy atom. The summed E-state index contributed by atoms with van der Waals surface area (Å²) in [5.41, 5.74) is 5.42. The molecule has 14 heavy (non-hydrogen) atoms. The van der Waals surface area contributed by atoms with Gasteiger partial charge in [-0.3, -0.25) is 4.79 Å². The van der Waals surface area contributed by atoms with Gasteiger partial charge in [-0.2, -0.15) is 0 Å².